The van der Waals surface area contributed by atoms with Crippen LogP contribution in [0.5, 0.6) is 0 Å². The fraction of sp³-hybridized carbons (Fsp3) is 0.316. The molecule has 1 fully saturated rings. The fourth-order valence-corrected chi connectivity index (χ4v) is 5.62. The largest absolute Gasteiger partial charge is 0.481 e. The lowest BCUT2D eigenvalue weighted by Crippen LogP contribution is -2.33. The first-order valence-electron chi connectivity index (χ1n) is 8.93. The Bertz CT molecular complexity index is 943. The van der Waals surface area contributed by atoms with Crippen LogP contribution in [0.2, 0.25) is 0 Å². The number of thioether (sulfide) groups is 2. The Morgan fingerprint density at radius 2 is 2.14 bits per heavy atom. The number of imidazole rings is 1. The first kappa shape index (κ1) is 19.5. The number of aliphatic carboxylic acids is 1. The zero-order chi connectivity index (χ0) is 19.7. The maximum Gasteiger partial charge on any atom is 0.303 e. The Morgan fingerprint density at radius 1 is 1.36 bits per heavy atom. The lowest BCUT2D eigenvalue weighted by Gasteiger charge is -2.20. The Labute approximate surface area is 176 Å². The molecule has 0 spiro atoms. The van der Waals surface area contributed by atoms with Gasteiger partial charge in [0.15, 0.2) is 11.4 Å². The summed E-state index contributed by atoms with van der Waals surface area (Å²) in [6.45, 7) is 1.30. The number of carboxylic acids is 1. The predicted molar refractivity (Wildman–Crippen MR) is 116 cm³/mol. The zero-order valence-electron chi connectivity index (χ0n) is 14.9. The van der Waals surface area contributed by atoms with Gasteiger partial charge in [0.05, 0.1) is 11.4 Å². The number of rotatable bonds is 6. The average molecular weight is 434 g/mol. The van der Waals surface area contributed by atoms with Gasteiger partial charge in [-0.1, -0.05) is 66.1 Å². The number of nitrogens with zero attached hydrogens (tertiary/aromatic N) is 3. The summed E-state index contributed by atoms with van der Waals surface area (Å²) in [5.41, 5.74) is 2.91. The lowest BCUT2D eigenvalue weighted by molar-refractivity contribution is -0.137. The number of benzene rings is 1. The standard InChI is InChI=1S/C19H19N3O3S3/c23-15(24)7-4-8-22-17(25)14(28-19(22)26)11-13-16(12-5-2-1-3-6-12)20-18-21(13)9-10-27-18/h1-3,5-6,11,17,25H,4,7-10H2,(H,23,24)/b14-11+. The molecule has 2 aliphatic heterocycles. The van der Waals surface area contributed by atoms with E-state index in [1.54, 1.807) is 16.7 Å². The van der Waals surface area contributed by atoms with Crippen molar-refractivity contribution >= 4 is 52.1 Å². The summed E-state index contributed by atoms with van der Waals surface area (Å²) in [5.74, 6) is 0.145. The number of aliphatic hydroxyl groups excluding tert-OH is 1. The number of hydrogen-bond acceptors (Lipinski definition) is 6. The van der Waals surface area contributed by atoms with E-state index >= 15 is 0 Å². The van der Waals surface area contributed by atoms with Crippen LogP contribution in [0.15, 0.2) is 40.4 Å². The van der Waals surface area contributed by atoms with Crippen molar-refractivity contribution in [2.45, 2.75) is 30.8 Å². The van der Waals surface area contributed by atoms with Gasteiger partial charge < -0.3 is 19.7 Å². The number of aliphatic hydroxyl groups is 1. The van der Waals surface area contributed by atoms with Crippen LogP contribution in [0.4, 0.5) is 0 Å². The van der Waals surface area contributed by atoms with Gasteiger partial charge in [-0.05, 0) is 12.5 Å². The van der Waals surface area contributed by atoms with Crippen LogP contribution in [0.3, 0.4) is 0 Å². The molecule has 6 nitrogen and oxygen atoms in total. The van der Waals surface area contributed by atoms with Gasteiger partial charge in [0.1, 0.15) is 4.32 Å². The molecule has 0 radical (unpaired) electrons. The molecule has 2 aliphatic rings. The molecule has 2 aromatic rings. The normalized spacial score (nSPS) is 20.2. The Balaban J connectivity index is 1.64. The minimum Gasteiger partial charge on any atom is -0.481 e. The van der Waals surface area contributed by atoms with E-state index in [-0.39, 0.29) is 6.42 Å². The van der Waals surface area contributed by atoms with E-state index in [0.717, 1.165) is 39.3 Å². The van der Waals surface area contributed by atoms with Gasteiger partial charge in [0.2, 0.25) is 0 Å². The zero-order valence-corrected chi connectivity index (χ0v) is 17.4. The fourth-order valence-electron chi connectivity index (χ4n) is 3.27. The summed E-state index contributed by atoms with van der Waals surface area (Å²) in [6, 6.07) is 10.0. The van der Waals surface area contributed by atoms with E-state index in [9.17, 15) is 9.90 Å². The molecule has 0 aliphatic carbocycles. The van der Waals surface area contributed by atoms with Gasteiger partial charge in [-0.25, -0.2) is 4.98 Å². The third-order valence-corrected chi connectivity index (χ3v) is 7.04. The molecule has 1 aromatic carbocycles. The number of aromatic nitrogens is 2. The van der Waals surface area contributed by atoms with Crippen molar-refractivity contribution in [1.29, 1.82) is 0 Å². The minimum absolute atomic E-state index is 0.0566. The maximum atomic E-state index is 10.8. The molecule has 1 saturated heterocycles. The number of carboxylic acid groups (broad SMARTS) is 1. The summed E-state index contributed by atoms with van der Waals surface area (Å²) in [7, 11) is 0. The molecule has 0 saturated carbocycles. The summed E-state index contributed by atoms with van der Waals surface area (Å²) >= 11 is 8.50. The van der Waals surface area contributed by atoms with Gasteiger partial charge >= 0.3 is 5.97 Å². The summed E-state index contributed by atoms with van der Waals surface area (Å²) < 4.78 is 2.75. The van der Waals surface area contributed by atoms with Crippen molar-refractivity contribution in [2.75, 3.05) is 12.3 Å². The Morgan fingerprint density at radius 3 is 2.89 bits per heavy atom. The van der Waals surface area contributed by atoms with Gasteiger partial charge in [0, 0.05) is 35.7 Å². The van der Waals surface area contributed by atoms with Gasteiger partial charge in [-0.15, -0.1) is 0 Å². The van der Waals surface area contributed by atoms with E-state index in [4.69, 9.17) is 22.3 Å². The van der Waals surface area contributed by atoms with Crippen LogP contribution in [-0.4, -0.2) is 53.5 Å². The number of thiocarbonyl (C=S) groups is 1. The molecule has 9 heteroatoms. The molecule has 2 N–H and O–H groups in total. The Kier molecular flexibility index (Phi) is 5.77. The molecule has 1 aromatic heterocycles. The summed E-state index contributed by atoms with van der Waals surface area (Å²) in [5, 5.41) is 20.6. The molecule has 0 amide bonds. The second-order valence-corrected chi connectivity index (χ2v) is 9.24. The molecule has 146 valence electrons. The molecule has 1 atom stereocenters. The number of carbonyl (C=O) groups is 1. The van der Waals surface area contributed by atoms with Crippen molar-refractivity contribution in [3.63, 3.8) is 0 Å². The Hall–Kier alpha value is -1.81. The minimum atomic E-state index is -0.852. The van der Waals surface area contributed by atoms with Crippen LogP contribution in [-0.2, 0) is 11.3 Å². The van der Waals surface area contributed by atoms with Crippen LogP contribution in [0.25, 0.3) is 17.3 Å². The highest BCUT2D eigenvalue weighted by Crippen LogP contribution is 2.39. The quantitative estimate of drug-likeness (QED) is 0.670. The summed E-state index contributed by atoms with van der Waals surface area (Å²) in [4.78, 5) is 18.0. The van der Waals surface area contributed by atoms with E-state index in [2.05, 4.69) is 4.57 Å². The van der Waals surface area contributed by atoms with Crippen LogP contribution in [0.1, 0.15) is 18.5 Å². The monoisotopic (exact) mass is 433 g/mol. The number of hydrogen-bond donors (Lipinski definition) is 2. The molecule has 4 rings (SSSR count). The van der Waals surface area contributed by atoms with E-state index in [1.165, 1.54) is 11.8 Å². The lowest BCUT2D eigenvalue weighted by atomic mass is 10.1. The summed E-state index contributed by atoms with van der Waals surface area (Å²) in [6.07, 6.45) is 1.62. The SMILES string of the molecule is O=C(O)CCCN1C(=S)S/C(=C/c2c(-c3ccccc3)nc3n2CCS3)C1O. The molecule has 0 bridgehead atoms. The molecular formula is C19H19N3O3S3. The van der Waals surface area contributed by atoms with Crippen molar-refractivity contribution < 1.29 is 15.0 Å². The topological polar surface area (TPSA) is 78.6 Å². The maximum absolute atomic E-state index is 10.8. The van der Waals surface area contributed by atoms with E-state index in [0.29, 0.717) is 17.3 Å². The molecule has 3 heterocycles. The third kappa shape index (κ3) is 3.84. The highest BCUT2D eigenvalue weighted by molar-refractivity contribution is 8.25. The predicted octanol–water partition coefficient (Wildman–Crippen LogP) is 3.51. The van der Waals surface area contributed by atoms with Crippen molar-refractivity contribution in [3.8, 4) is 11.3 Å². The van der Waals surface area contributed by atoms with Gasteiger partial charge in [-0.3, -0.25) is 4.79 Å². The molecule has 1 unspecified atom stereocenters. The second kappa shape index (κ2) is 8.28. The molecule has 28 heavy (non-hydrogen) atoms. The van der Waals surface area contributed by atoms with Gasteiger partial charge in [0.25, 0.3) is 0 Å². The van der Waals surface area contributed by atoms with Crippen LogP contribution >= 0.6 is 35.7 Å². The first-order chi connectivity index (χ1) is 13.5. The van der Waals surface area contributed by atoms with Crippen LogP contribution in [0, 0.1) is 0 Å². The van der Waals surface area contributed by atoms with Crippen LogP contribution < -0.4 is 0 Å². The van der Waals surface area contributed by atoms with Crippen molar-refractivity contribution in [2.24, 2.45) is 0 Å². The highest BCUT2D eigenvalue weighted by atomic mass is 32.2. The van der Waals surface area contributed by atoms with E-state index < -0.39 is 12.2 Å². The number of fused-ring (bicyclic) bond motifs is 1. The van der Waals surface area contributed by atoms with Gasteiger partial charge in [-0.2, -0.15) is 0 Å². The van der Waals surface area contributed by atoms with Crippen molar-refractivity contribution in [3.05, 3.63) is 40.9 Å². The third-order valence-electron chi connectivity index (χ3n) is 4.62. The highest BCUT2D eigenvalue weighted by Gasteiger charge is 2.33. The molecular weight excluding hydrogens is 414 g/mol. The second-order valence-electron chi connectivity index (χ2n) is 6.47. The van der Waals surface area contributed by atoms with E-state index in [1.807, 2.05) is 36.4 Å². The van der Waals surface area contributed by atoms with Crippen molar-refractivity contribution in [1.82, 2.24) is 14.5 Å². The average Bonchev–Trinajstić information content (AvgIpc) is 3.33. The smallest absolute Gasteiger partial charge is 0.303 e. The first-order valence-corrected chi connectivity index (χ1v) is 11.1.